The lowest BCUT2D eigenvalue weighted by atomic mass is 9.76. The maximum Gasteiger partial charge on any atom is 0.147 e. The summed E-state index contributed by atoms with van der Waals surface area (Å²) in [5.41, 5.74) is 5.70. The van der Waals surface area contributed by atoms with E-state index in [2.05, 4.69) is 33.7 Å². The van der Waals surface area contributed by atoms with Crippen molar-refractivity contribution in [1.29, 1.82) is 0 Å². The lowest BCUT2D eigenvalue weighted by Gasteiger charge is -2.43. The van der Waals surface area contributed by atoms with Crippen LogP contribution < -0.4 is 10.6 Å². The number of hydrogen-bond acceptors (Lipinski definition) is 7. The van der Waals surface area contributed by atoms with Crippen LogP contribution in [0.3, 0.4) is 0 Å². The van der Waals surface area contributed by atoms with Crippen LogP contribution in [0, 0.1) is 5.41 Å². The van der Waals surface area contributed by atoms with Crippen molar-refractivity contribution in [2.24, 2.45) is 5.41 Å². The van der Waals surface area contributed by atoms with E-state index in [4.69, 9.17) is 17.3 Å². The number of β-amino-alcohol motifs (C(OH)–C–C–N with tert-alkyl or cyclic N) is 1. The van der Waals surface area contributed by atoms with Crippen LogP contribution in [0.1, 0.15) is 26.7 Å². The standard InChI is InChI=1S/C17H22ClN5OS/c1-3-17(2)5-7-23(10-12(17)24)13-8-22-14(9-21-13)25-11-4-6-20-16(19)15(11)18/h4,6,8-9,12,24H,3,5,7,10H2,1-2H3,(H2,19,20). The Balaban J connectivity index is 1.70. The van der Waals surface area contributed by atoms with E-state index in [1.165, 1.54) is 11.8 Å². The number of aliphatic hydroxyl groups excluding tert-OH is 1. The summed E-state index contributed by atoms with van der Waals surface area (Å²) >= 11 is 7.55. The van der Waals surface area contributed by atoms with Gasteiger partial charge in [0, 0.05) is 24.2 Å². The minimum Gasteiger partial charge on any atom is -0.391 e. The molecule has 8 heteroatoms. The van der Waals surface area contributed by atoms with Crippen molar-refractivity contribution in [3.05, 3.63) is 29.7 Å². The van der Waals surface area contributed by atoms with Crippen molar-refractivity contribution in [2.45, 2.75) is 42.7 Å². The van der Waals surface area contributed by atoms with Gasteiger partial charge in [-0.05, 0) is 24.3 Å². The minimum atomic E-state index is -0.360. The van der Waals surface area contributed by atoms with Gasteiger partial charge in [-0.1, -0.05) is 37.2 Å². The second-order valence-corrected chi connectivity index (χ2v) is 7.98. The van der Waals surface area contributed by atoms with E-state index in [1.807, 2.05) is 0 Å². The highest BCUT2D eigenvalue weighted by Crippen LogP contribution is 2.36. The van der Waals surface area contributed by atoms with Crippen LogP contribution in [0.15, 0.2) is 34.6 Å². The molecule has 3 heterocycles. The molecule has 3 rings (SSSR count). The molecule has 6 nitrogen and oxygen atoms in total. The molecular formula is C17H22ClN5OS. The lowest BCUT2D eigenvalue weighted by Crippen LogP contribution is -2.49. The van der Waals surface area contributed by atoms with Crippen molar-refractivity contribution in [3.63, 3.8) is 0 Å². The Morgan fingerprint density at radius 2 is 2.20 bits per heavy atom. The van der Waals surface area contributed by atoms with Crippen LogP contribution >= 0.6 is 23.4 Å². The lowest BCUT2D eigenvalue weighted by molar-refractivity contribution is 0.0187. The summed E-state index contributed by atoms with van der Waals surface area (Å²) in [6.07, 6.45) is 6.62. The fourth-order valence-electron chi connectivity index (χ4n) is 2.86. The van der Waals surface area contributed by atoms with Gasteiger partial charge in [-0.2, -0.15) is 0 Å². The second kappa shape index (κ2) is 7.35. The number of aromatic nitrogens is 3. The zero-order valence-electron chi connectivity index (χ0n) is 14.3. The molecule has 2 atom stereocenters. The third-order valence-corrected chi connectivity index (χ3v) is 6.48. The Bertz CT molecular complexity index is 744. The van der Waals surface area contributed by atoms with Crippen LogP contribution in [-0.2, 0) is 0 Å². The SMILES string of the molecule is CCC1(C)CCN(c2cnc(Sc3ccnc(N)c3Cl)cn2)CC1O. The van der Waals surface area contributed by atoms with Crippen LogP contribution in [0.4, 0.5) is 11.6 Å². The van der Waals surface area contributed by atoms with Gasteiger partial charge in [-0.3, -0.25) is 0 Å². The van der Waals surface area contributed by atoms with Crippen LogP contribution in [0.25, 0.3) is 0 Å². The molecule has 1 aliphatic heterocycles. The van der Waals surface area contributed by atoms with E-state index in [0.717, 1.165) is 35.1 Å². The van der Waals surface area contributed by atoms with Crippen molar-refractivity contribution in [3.8, 4) is 0 Å². The second-order valence-electron chi connectivity index (χ2n) is 6.54. The first-order chi connectivity index (χ1) is 11.9. The Morgan fingerprint density at radius 3 is 2.84 bits per heavy atom. The van der Waals surface area contributed by atoms with Gasteiger partial charge < -0.3 is 15.7 Å². The topological polar surface area (TPSA) is 88.2 Å². The van der Waals surface area contributed by atoms with Crippen LogP contribution in [-0.4, -0.2) is 39.3 Å². The van der Waals surface area contributed by atoms with E-state index in [-0.39, 0.29) is 11.5 Å². The molecule has 0 spiro atoms. The molecule has 0 bridgehead atoms. The number of piperidine rings is 1. The number of nitrogen functional groups attached to an aromatic ring is 1. The summed E-state index contributed by atoms with van der Waals surface area (Å²) in [6.45, 7) is 5.72. The number of aliphatic hydroxyl groups is 1. The minimum absolute atomic E-state index is 0.0161. The molecule has 1 saturated heterocycles. The zero-order valence-corrected chi connectivity index (χ0v) is 15.9. The highest BCUT2D eigenvalue weighted by Gasteiger charge is 2.37. The Hall–Kier alpha value is -1.57. The first-order valence-electron chi connectivity index (χ1n) is 8.26. The van der Waals surface area contributed by atoms with Crippen molar-refractivity contribution in [2.75, 3.05) is 23.7 Å². The van der Waals surface area contributed by atoms with Crippen molar-refractivity contribution in [1.82, 2.24) is 15.0 Å². The molecule has 25 heavy (non-hydrogen) atoms. The Labute approximate surface area is 156 Å². The molecule has 0 amide bonds. The molecule has 134 valence electrons. The average Bonchev–Trinajstić information content (AvgIpc) is 2.62. The van der Waals surface area contributed by atoms with Crippen LogP contribution in [0.2, 0.25) is 5.02 Å². The van der Waals surface area contributed by atoms with E-state index in [1.54, 1.807) is 24.7 Å². The number of rotatable bonds is 4. The average molecular weight is 380 g/mol. The summed E-state index contributed by atoms with van der Waals surface area (Å²) < 4.78 is 0. The summed E-state index contributed by atoms with van der Waals surface area (Å²) in [5, 5.41) is 11.6. The van der Waals surface area contributed by atoms with E-state index in [9.17, 15) is 5.11 Å². The molecule has 3 N–H and O–H groups in total. The van der Waals surface area contributed by atoms with Crippen molar-refractivity contribution >= 4 is 35.0 Å². The van der Waals surface area contributed by atoms with Gasteiger partial charge in [-0.25, -0.2) is 15.0 Å². The molecule has 0 aromatic carbocycles. The molecule has 0 saturated carbocycles. The van der Waals surface area contributed by atoms with Gasteiger partial charge in [0.2, 0.25) is 0 Å². The van der Waals surface area contributed by atoms with Gasteiger partial charge in [0.1, 0.15) is 16.7 Å². The highest BCUT2D eigenvalue weighted by atomic mass is 35.5. The fraction of sp³-hybridized carbons (Fsp3) is 0.471. The zero-order chi connectivity index (χ0) is 18.0. The first kappa shape index (κ1) is 18.2. The third-order valence-electron chi connectivity index (χ3n) is 4.99. The normalized spacial score (nSPS) is 23.7. The number of pyridine rings is 1. The predicted molar refractivity (Wildman–Crippen MR) is 101 cm³/mol. The predicted octanol–water partition coefficient (Wildman–Crippen LogP) is 3.25. The smallest absolute Gasteiger partial charge is 0.147 e. The van der Waals surface area contributed by atoms with E-state index in [0.29, 0.717) is 17.4 Å². The van der Waals surface area contributed by atoms with Gasteiger partial charge in [0.25, 0.3) is 0 Å². The molecule has 0 radical (unpaired) electrons. The molecular weight excluding hydrogens is 358 g/mol. The Kier molecular flexibility index (Phi) is 5.36. The quantitative estimate of drug-likeness (QED) is 0.842. The Morgan fingerprint density at radius 1 is 1.40 bits per heavy atom. The van der Waals surface area contributed by atoms with Gasteiger partial charge >= 0.3 is 0 Å². The summed E-state index contributed by atoms with van der Waals surface area (Å²) in [4.78, 5) is 15.8. The number of nitrogens with two attached hydrogens (primary N) is 1. The summed E-state index contributed by atoms with van der Waals surface area (Å²) in [7, 11) is 0. The monoisotopic (exact) mass is 379 g/mol. The molecule has 0 aliphatic carbocycles. The molecule has 1 fully saturated rings. The maximum atomic E-state index is 10.4. The highest BCUT2D eigenvalue weighted by molar-refractivity contribution is 7.99. The van der Waals surface area contributed by atoms with Crippen LogP contribution in [0.5, 0.6) is 0 Å². The van der Waals surface area contributed by atoms with Gasteiger partial charge in [-0.15, -0.1) is 0 Å². The largest absolute Gasteiger partial charge is 0.391 e. The van der Waals surface area contributed by atoms with Crippen molar-refractivity contribution < 1.29 is 5.11 Å². The van der Waals surface area contributed by atoms with E-state index >= 15 is 0 Å². The molecule has 2 aromatic rings. The van der Waals surface area contributed by atoms with Gasteiger partial charge in [0.05, 0.1) is 23.5 Å². The number of anilines is 2. The van der Waals surface area contributed by atoms with E-state index < -0.39 is 0 Å². The number of nitrogens with zero attached hydrogens (tertiary/aromatic N) is 4. The molecule has 1 aliphatic rings. The number of halogens is 1. The fourth-order valence-corrected chi connectivity index (χ4v) is 3.84. The molecule has 2 aromatic heterocycles. The number of hydrogen-bond donors (Lipinski definition) is 2. The maximum absolute atomic E-state index is 10.4. The summed E-state index contributed by atoms with van der Waals surface area (Å²) in [6, 6.07) is 1.80. The first-order valence-corrected chi connectivity index (χ1v) is 9.45. The molecule has 2 unspecified atom stereocenters. The summed E-state index contributed by atoms with van der Waals surface area (Å²) in [5.74, 6) is 1.08. The van der Waals surface area contributed by atoms with Gasteiger partial charge in [0.15, 0.2) is 0 Å². The third kappa shape index (κ3) is 3.83.